The van der Waals surface area contributed by atoms with E-state index in [1.165, 1.54) is 0 Å². The molecule has 49 heavy (non-hydrogen) atoms. The van der Waals surface area contributed by atoms with E-state index < -0.39 is 11.9 Å². The lowest BCUT2D eigenvalue weighted by molar-refractivity contribution is -0.138. The molecule has 5 rings (SSSR count). The van der Waals surface area contributed by atoms with Crippen LogP contribution in [0.3, 0.4) is 0 Å². The van der Waals surface area contributed by atoms with Gasteiger partial charge in [-0.1, -0.05) is 86.0 Å². The molecule has 0 aliphatic heterocycles. The first kappa shape index (κ1) is 33.9. The summed E-state index contributed by atoms with van der Waals surface area (Å²) in [5, 5.41) is 6.51. The smallest absolute Gasteiger partial charge is 0.330 e. The lowest BCUT2D eigenvalue weighted by Gasteiger charge is -2.26. The molecule has 7 heteroatoms. The number of carbonyl (C=O) groups excluding carboxylic acids is 2. The Balaban J connectivity index is 1.38. The maximum Gasteiger partial charge on any atom is 0.330 e. The fourth-order valence-electron chi connectivity index (χ4n) is 5.01. The van der Waals surface area contributed by atoms with Crippen LogP contribution in [-0.4, -0.2) is 31.0 Å². The van der Waals surface area contributed by atoms with Gasteiger partial charge in [-0.3, -0.25) is 0 Å². The third-order valence-corrected chi connectivity index (χ3v) is 7.53. The number of para-hydroxylation sites is 2. The number of hydrazone groups is 1. The number of carbonyl (C=O) groups is 2. The molecule has 0 amide bonds. The lowest BCUT2D eigenvalue weighted by atomic mass is 10.1. The van der Waals surface area contributed by atoms with Crippen molar-refractivity contribution in [3.05, 3.63) is 175 Å². The molecule has 244 valence electrons. The van der Waals surface area contributed by atoms with Gasteiger partial charge in [0.25, 0.3) is 0 Å². The maximum atomic E-state index is 11.4. The Hall–Kier alpha value is -6.43. The zero-order valence-corrected chi connectivity index (χ0v) is 27.2. The number of esters is 2. The molecule has 0 unspecified atom stereocenters. The van der Waals surface area contributed by atoms with E-state index in [1.807, 2.05) is 108 Å². The van der Waals surface area contributed by atoms with Gasteiger partial charge in [0, 0.05) is 54.0 Å². The van der Waals surface area contributed by atoms with Crippen LogP contribution >= 0.6 is 0 Å². The third kappa shape index (κ3) is 9.78. The van der Waals surface area contributed by atoms with Crippen molar-refractivity contribution in [1.82, 2.24) is 0 Å². The van der Waals surface area contributed by atoms with Crippen LogP contribution in [0.15, 0.2) is 164 Å². The SMILES string of the molecule is C=CC(=O)OCCc1ccc(N(c2ccc(C=C=NN(c3ccccc3)c3ccccc3)cc2)c2ccc(CCOC(=O)C=C)cc2)cc1. The van der Waals surface area contributed by atoms with E-state index in [4.69, 9.17) is 9.47 Å². The average molecular weight is 648 g/mol. The Kier molecular flexibility index (Phi) is 12.1. The highest BCUT2D eigenvalue weighted by molar-refractivity contribution is 5.83. The van der Waals surface area contributed by atoms with Gasteiger partial charge in [-0.25, -0.2) is 14.6 Å². The van der Waals surface area contributed by atoms with E-state index in [2.05, 4.69) is 65.4 Å². The van der Waals surface area contributed by atoms with Gasteiger partial charge in [0.15, 0.2) is 0 Å². The van der Waals surface area contributed by atoms with Crippen LogP contribution in [0.25, 0.3) is 6.08 Å². The molecule has 0 spiro atoms. The number of nitrogens with zero attached hydrogens (tertiary/aromatic N) is 3. The summed E-state index contributed by atoms with van der Waals surface area (Å²) < 4.78 is 10.3. The normalized spacial score (nSPS) is 10.2. The molecule has 0 aromatic heterocycles. The van der Waals surface area contributed by atoms with Crippen LogP contribution < -0.4 is 9.91 Å². The van der Waals surface area contributed by atoms with Crippen LogP contribution in [-0.2, 0) is 31.9 Å². The number of benzene rings is 5. The fourth-order valence-corrected chi connectivity index (χ4v) is 5.01. The largest absolute Gasteiger partial charge is 0.462 e. The quantitative estimate of drug-likeness (QED) is 0.0489. The van der Waals surface area contributed by atoms with Gasteiger partial charge < -0.3 is 14.4 Å². The summed E-state index contributed by atoms with van der Waals surface area (Å²) in [4.78, 5) is 25.0. The molecule has 0 aliphatic carbocycles. The topological polar surface area (TPSA) is 71.4 Å². The summed E-state index contributed by atoms with van der Waals surface area (Å²) >= 11 is 0. The molecule has 0 radical (unpaired) electrons. The van der Waals surface area contributed by atoms with E-state index in [0.717, 1.165) is 57.3 Å². The average Bonchev–Trinajstić information content (AvgIpc) is 3.16. The Morgan fingerprint density at radius 2 is 0.980 bits per heavy atom. The Morgan fingerprint density at radius 1 is 0.571 bits per heavy atom. The van der Waals surface area contributed by atoms with Crippen LogP contribution in [0, 0.1) is 0 Å². The predicted molar refractivity (Wildman–Crippen MR) is 198 cm³/mol. The van der Waals surface area contributed by atoms with Gasteiger partial charge in [0.2, 0.25) is 0 Å². The van der Waals surface area contributed by atoms with Crippen molar-refractivity contribution in [2.24, 2.45) is 5.10 Å². The molecule has 7 nitrogen and oxygen atoms in total. The highest BCUT2D eigenvalue weighted by atomic mass is 16.5. The van der Waals surface area contributed by atoms with Crippen LogP contribution in [0.1, 0.15) is 16.7 Å². The van der Waals surface area contributed by atoms with Gasteiger partial charge in [0.1, 0.15) is 0 Å². The molecule has 0 bridgehead atoms. The van der Waals surface area contributed by atoms with E-state index in [9.17, 15) is 9.59 Å². The molecule has 5 aromatic carbocycles. The standard InChI is InChI=1S/C42H37N3O4/c1-3-41(46)48-31-28-34-17-23-37(24-18-34)44(38-25-19-35(20-26-38)29-32-49-42(47)4-2)36-21-15-33(16-22-36)27-30-43-45(39-11-7-5-8-12-39)40-13-9-6-10-14-40/h3-27H,1-2,28-29,31-32H2. The molecular formula is C42H37N3O4. The molecule has 0 N–H and O–H groups in total. The number of hydrogen-bond donors (Lipinski definition) is 0. The molecule has 0 fully saturated rings. The lowest BCUT2D eigenvalue weighted by Crippen LogP contribution is -2.10. The Bertz CT molecular complexity index is 1790. The highest BCUT2D eigenvalue weighted by Crippen LogP contribution is 2.35. The molecule has 0 saturated carbocycles. The molecule has 0 heterocycles. The maximum absolute atomic E-state index is 11.4. The molecule has 0 atom stereocenters. The summed E-state index contributed by atoms with van der Waals surface area (Å²) in [6, 6.07) is 44.5. The zero-order valence-electron chi connectivity index (χ0n) is 27.2. The Morgan fingerprint density at radius 3 is 1.39 bits per heavy atom. The van der Waals surface area contributed by atoms with Crippen LogP contribution in [0.4, 0.5) is 28.4 Å². The van der Waals surface area contributed by atoms with E-state index in [-0.39, 0.29) is 13.2 Å². The third-order valence-electron chi connectivity index (χ3n) is 7.53. The fraction of sp³-hybridized carbons (Fsp3) is 0.0952. The molecule has 0 saturated heterocycles. The number of ether oxygens (including phenoxy) is 2. The summed E-state index contributed by atoms with van der Waals surface area (Å²) in [6.45, 7) is 7.44. The molecular weight excluding hydrogens is 610 g/mol. The van der Waals surface area contributed by atoms with E-state index in [0.29, 0.717) is 12.8 Å². The first-order valence-corrected chi connectivity index (χ1v) is 15.9. The number of anilines is 5. The zero-order chi connectivity index (χ0) is 34.3. The number of hydrogen-bond acceptors (Lipinski definition) is 7. The van der Waals surface area contributed by atoms with Crippen molar-refractivity contribution in [3.63, 3.8) is 0 Å². The van der Waals surface area contributed by atoms with Crippen molar-refractivity contribution in [2.45, 2.75) is 12.8 Å². The monoisotopic (exact) mass is 647 g/mol. The first-order valence-electron chi connectivity index (χ1n) is 15.9. The second kappa shape index (κ2) is 17.5. The highest BCUT2D eigenvalue weighted by Gasteiger charge is 2.13. The van der Waals surface area contributed by atoms with E-state index >= 15 is 0 Å². The first-order chi connectivity index (χ1) is 24.0. The number of rotatable bonds is 15. The molecule has 5 aromatic rings. The van der Waals surface area contributed by atoms with Gasteiger partial charge in [0.05, 0.1) is 24.6 Å². The summed E-state index contributed by atoms with van der Waals surface area (Å²) in [6.07, 6.45) is 5.38. The second-order valence-corrected chi connectivity index (χ2v) is 10.9. The van der Waals surface area contributed by atoms with Crippen molar-refractivity contribution in [1.29, 1.82) is 0 Å². The van der Waals surface area contributed by atoms with Crippen molar-refractivity contribution in [3.8, 4) is 0 Å². The van der Waals surface area contributed by atoms with Crippen molar-refractivity contribution < 1.29 is 19.1 Å². The summed E-state index contributed by atoms with van der Waals surface area (Å²) in [5.74, 6) is 2.25. The van der Waals surface area contributed by atoms with Crippen molar-refractivity contribution in [2.75, 3.05) is 23.1 Å². The van der Waals surface area contributed by atoms with Crippen molar-refractivity contribution >= 4 is 52.3 Å². The van der Waals surface area contributed by atoms with Crippen LogP contribution in [0.5, 0.6) is 0 Å². The minimum absolute atomic E-state index is 0.282. The van der Waals surface area contributed by atoms with Gasteiger partial charge in [-0.15, -0.1) is 5.10 Å². The van der Waals surface area contributed by atoms with Crippen LogP contribution in [0.2, 0.25) is 0 Å². The second-order valence-electron chi connectivity index (χ2n) is 10.9. The van der Waals surface area contributed by atoms with Gasteiger partial charge in [-0.2, -0.15) is 0 Å². The molecule has 0 aliphatic rings. The Labute approximate surface area is 287 Å². The minimum atomic E-state index is -0.431. The van der Waals surface area contributed by atoms with E-state index in [1.54, 1.807) is 0 Å². The van der Waals surface area contributed by atoms with Gasteiger partial charge in [-0.05, 0) is 77.4 Å². The summed E-state index contributed by atoms with van der Waals surface area (Å²) in [7, 11) is 0. The minimum Gasteiger partial charge on any atom is -0.462 e. The predicted octanol–water partition coefficient (Wildman–Crippen LogP) is 9.14. The summed E-state index contributed by atoms with van der Waals surface area (Å²) in [5.41, 5.74) is 7.80. The van der Waals surface area contributed by atoms with Gasteiger partial charge >= 0.3 is 11.9 Å².